The second-order valence-electron chi connectivity index (χ2n) is 4.08. The highest BCUT2D eigenvalue weighted by atomic mass is 16.5. The third kappa shape index (κ3) is 3.89. The lowest BCUT2D eigenvalue weighted by atomic mass is 10.1. The summed E-state index contributed by atoms with van der Waals surface area (Å²) >= 11 is 0. The van der Waals surface area contributed by atoms with Gasteiger partial charge in [0.2, 0.25) is 0 Å². The van der Waals surface area contributed by atoms with Crippen molar-refractivity contribution in [2.45, 2.75) is 19.5 Å². The summed E-state index contributed by atoms with van der Waals surface area (Å²) in [6, 6.07) is 7.07. The molecule has 0 spiro atoms. The van der Waals surface area contributed by atoms with E-state index < -0.39 is 12.0 Å². The maximum atomic E-state index is 11.0. The van der Waals surface area contributed by atoms with Crippen molar-refractivity contribution in [1.82, 2.24) is 4.90 Å². The Morgan fingerprint density at radius 1 is 1.50 bits per heavy atom. The van der Waals surface area contributed by atoms with E-state index >= 15 is 0 Å². The van der Waals surface area contributed by atoms with Crippen LogP contribution in [0.15, 0.2) is 36.9 Å². The predicted molar refractivity (Wildman–Crippen MR) is 70.7 cm³/mol. The van der Waals surface area contributed by atoms with Crippen molar-refractivity contribution in [3.05, 3.63) is 42.5 Å². The van der Waals surface area contributed by atoms with Crippen LogP contribution in [0.1, 0.15) is 12.5 Å². The summed E-state index contributed by atoms with van der Waals surface area (Å²) in [4.78, 5) is 12.9. The van der Waals surface area contributed by atoms with E-state index in [1.807, 2.05) is 29.2 Å². The van der Waals surface area contributed by atoms with E-state index in [0.29, 0.717) is 13.1 Å². The lowest BCUT2D eigenvalue weighted by molar-refractivity contribution is -0.142. The number of hydrogen-bond donors (Lipinski definition) is 1. The number of nitrogens with zero attached hydrogens (tertiary/aromatic N) is 1. The van der Waals surface area contributed by atoms with Gasteiger partial charge in [0.15, 0.2) is 0 Å². The highest BCUT2D eigenvalue weighted by molar-refractivity contribution is 5.72. The molecule has 18 heavy (non-hydrogen) atoms. The first-order chi connectivity index (χ1) is 8.58. The third-order valence-corrected chi connectivity index (χ3v) is 2.81. The zero-order valence-electron chi connectivity index (χ0n) is 10.8. The Morgan fingerprint density at radius 3 is 2.56 bits per heavy atom. The molecular formula is C14H19NO3. The largest absolute Gasteiger partial charge is 0.497 e. The average Bonchev–Trinajstić information content (AvgIpc) is 2.38. The van der Waals surface area contributed by atoms with E-state index in [4.69, 9.17) is 9.84 Å². The standard InChI is InChI=1S/C14H19NO3/c1-4-9-15(11(2)14(16)17)10-12-5-7-13(18-3)8-6-12/h4-8,11H,1,9-10H2,2-3H3,(H,16,17). The summed E-state index contributed by atoms with van der Waals surface area (Å²) in [5.74, 6) is -0.0364. The summed E-state index contributed by atoms with van der Waals surface area (Å²) in [6.07, 6.45) is 1.71. The quantitative estimate of drug-likeness (QED) is 0.752. The molecular weight excluding hydrogens is 230 g/mol. The molecule has 0 aliphatic rings. The van der Waals surface area contributed by atoms with E-state index in [-0.39, 0.29) is 0 Å². The van der Waals surface area contributed by atoms with Crippen LogP contribution < -0.4 is 4.74 Å². The first-order valence-corrected chi connectivity index (χ1v) is 5.79. The molecule has 0 heterocycles. The summed E-state index contributed by atoms with van der Waals surface area (Å²) < 4.78 is 5.08. The molecule has 1 aromatic rings. The molecule has 0 fully saturated rings. The van der Waals surface area contributed by atoms with Crippen molar-refractivity contribution >= 4 is 5.97 Å². The lowest BCUT2D eigenvalue weighted by Crippen LogP contribution is -2.38. The topological polar surface area (TPSA) is 49.8 Å². The molecule has 1 aromatic carbocycles. The fraction of sp³-hybridized carbons (Fsp3) is 0.357. The number of rotatable bonds is 7. The van der Waals surface area contributed by atoms with Gasteiger partial charge >= 0.3 is 5.97 Å². The van der Waals surface area contributed by atoms with Crippen molar-refractivity contribution in [2.75, 3.05) is 13.7 Å². The van der Waals surface area contributed by atoms with Crippen LogP contribution in [-0.2, 0) is 11.3 Å². The van der Waals surface area contributed by atoms with E-state index in [0.717, 1.165) is 11.3 Å². The summed E-state index contributed by atoms with van der Waals surface area (Å²) in [5, 5.41) is 9.04. The highest BCUT2D eigenvalue weighted by Gasteiger charge is 2.19. The molecule has 0 saturated carbocycles. The van der Waals surface area contributed by atoms with Gasteiger partial charge in [-0.3, -0.25) is 9.69 Å². The lowest BCUT2D eigenvalue weighted by Gasteiger charge is -2.24. The molecule has 0 radical (unpaired) electrons. The van der Waals surface area contributed by atoms with Gasteiger partial charge in [0.25, 0.3) is 0 Å². The monoisotopic (exact) mass is 249 g/mol. The van der Waals surface area contributed by atoms with E-state index in [1.54, 1.807) is 20.1 Å². The van der Waals surface area contributed by atoms with Crippen molar-refractivity contribution in [3.63, 3.8) is 0 Å². The Kier molecular flexibility index (Phi) is 5.39. The maximum absolute atomic E-state index is 11.0. The van der Waals surface area contributed by atoms with Crippen molar-refractivity contribution in [3.8, 4) is 5.75 Å². The molecule has 1 atom stereocenters. The molecule has 0 bridgehead atoms. The fourth-order valence-corrected chi connectivity index (χ4v) is 1.65. The first-order valence-electron chi connectivity index (χ1n) is 5.79. The number of carboxylic acids is 1. The molecule has 1 N–H and O–H groups in total. The van der Waals surface area contributed by atoms with Gasteiger partial charge in [0, 0.05) is 13.1 Å². The van der Waals surface area contributed by atoms with Gasteiger partial charge in [-0.25, -0.2) is 0 Å². The van der Waals surface area contributed by atoms with Crippen LogP contribution in [0.3, 0.4) is 0 Å². The molecule has 0 amide bonds. The summed E-state index contributed by atoms with van der Waals surface area (Å²) in [5.41, 5.74) is 1.05. The molecule has 0 saturated heterocycles. The van der Waals surface area contributed by atoms with Gasteiger partial charge < -0.3 is 9.84 Å². The van der Waals surface area contributed by atoms with Crippen LogP contribution in [0.5, 0.6) is 5.75 Å². The van der Waals surface area contributed by atoms with Crippen LogP contribution in [0.4, 0.5) is 0 Å². The van der Waals surface area contributed by atoms with Gasteiger partial charge in [0.05, 0.1) is 7.11 Å². The minimum Gasteiger partial charge on any atom is -0.497 e. The van der Waals surface area contributed by atoms with Gasteiger partial charge in [0.1, 0.15) is 11.8 Å². The number of carbonyl (C=O) groups is 1. The zero-order chi connectivity index (χ0) is 13.5. The Hall–Kier alpha value is -1.81. The molecule has 4 heteroatoms. The Bertz CT molecular complexity index is 400. The van der Waals surface area contributed by atoms with E-state index in [1.165, 1.54) is 0 Å². The molecule has 1 unspecified atom stereocenters. The van der Waals surface area contributed by atoms with Crippen LogP contribution in [-0.4, -0.2) is 35.7 Å². The van der Waals surface area contributed by atoms with Gasteiger partial charge in [-0.15, -0.1) is 6.58 Å². The number of aliphatic carboxylic acids is 1. The number of carboxylic acid groups (broad SMARTS) is 1. The second-order valence-corrected chi connectivity index (χ2v) is 4.08. The molecule has 4 nitrogen and oxygen atoms in total. The molecule has 98 valence electrons. The van der Waals surface area contributed by atoms with Crippen LogP contribution in [0.25, 0.3) is 0 Å². The summed E-state index contributed by atoms with van der Waals surface area (Å²) in [6.45, 7) is 6.45. The molecule has 1 rings (SSSR count). The van der Waals surface area contributed by atoms with Crippen LogP contribution in [0.2, 0.25) is 0 Å². The normalized spacial score (nSPS) is 12.2. The maximum Gasteiger partial charge on any atom is 0.320 e. The Labute approximate surface area is 107 Å². The van der Waals surface area contributed by atoms with E-state index in [2.05, 4.69) is 6.58 Å². The number of benzene rings is 1. The molecule has 0 aliphatic heterocycles. The highest BCUT2D eigenvalue weighted by Crippen LogP contribution is 2.14. The first kappa shape index (κ1) is 14.3. The molecule has 0 aromatic heterocycles. The van der Waals surface area contributed by atoms with Crippen molar-refractivity contribution in [2.24, 2.45) is 0 Å². The van der Waals surface area contributed by atoms with Gasteiger partial charge in [-0.05, 0) is 24.6 Å². The fourth-order valence-electron chi connectivity index (χ4n) is 1.65. The molecule has 0 aliphatic carbocycles. The SMILES string of the molecule is C=CCN(Cc1ccc(OC)cc1)C(C)C(=O)O. The summed E-state index contributed by atoms with van der Waals surface area (Å²) in [7, 11) is 1.62. The third-order valence-electron chi connectivity index (χ3n) is 2.81. The second kappa shape index (κ2) is 6.81. The van der Waals surface area contributed by atoms with Gasteiger partial charge in [-0.1, -0.05) is 18.2 Å². The minimum atomic E-state index is -0.828. The smallest absolute Gasteiger partial charge is 0.320 e. The van der Waals surface area contributed by atoms with E-state index in [9.17, 15) is 4.79 Å². The van der Waals surface area contributed by atoms with Crippen molar-refractivity contribution < 1.29 is 14.6 Å². The van der Waals surface area contributed by atoms with Crippen LogP contribution in [0, 0.1) is 0 Å². The Balaban J connectivity index is 2.75. The van der Waals surface area contributed by atoms with Crippen LogP contribution >= 0.6 is 0 Å². The Morgan fingerprint density at radius 2 is 2.11 bits per heavy atom. The average molecular weight is 249 g/mol. The zero-order valence-corrected chi connectivity index (χ0v) is 10.8. The number of hydrogen-bond acceptors (Lipinski definition) is 3. The number of methoxy groups -OCH3 is 1. The minimum absolute atomic E-state index is 0.537. The predicted octanol–water partition coefficient (Wildman–Crippen LogP) is 2.16. The van der Waals surface area contributed by atoms with Gasteiger partial charge in [-0.2, -0.15) is 0 Å². The van der Waals surface area contributed by atoms with Crippen molar-refractivity contribution in [1.29, 1.82) is 0 Å². The number of ether oxygens (including phenoxy) is 1.